The van der Waals surface area contributed by atoms with Gasteiger partial charge in [0.2, 0.25) is 10.0 Å². The molecule has 3 rings (SSSR count). The highest BCUT2D eigenvalue weighted by Gasteiger charge is 2.33. The minimum absolute atomic E-state index is 0.0788. The maximum absolute atomic E-state index is 12.5. The van der Waals surface area contributed by atoms with Crippen LogP contribution in [0.1, 0.15) is 36.7 Å². The second-order valence-electron chi connectivity index (χ2n) is 6.04. The first-order valence-electron chi connectivity index (χ1n) is 8.12. The fourth-order valence-corrected chi connectivity index (χ4v) is 4.52. The lowest BCUT2D eigenvalue weighted by Gasteiger charge is -2.19. The van der Waals surface area contributed by atoms with Crippen LogP contribution in [0.15, 0.2) is 27.6 Å². The molecule has 7 nitrogen and oxygen atoms in total. The van der Waals surface area contributed by atoms with Gasteiger partial charge in [0.15, 0.2) is 0 Å². The van der Waals surface area contributed by atoms with Gasteiger partial charge in [0, 0.05) is 31.8 Å². The Balaban J connectivity index is 1.73. The van der Waals surface area contributed by atoms with Crippen molar-refractivity contribution in [2.24, 2.45) is 5.92 Å². The number of ether oxygens (including phenoxy) is 1. The van der Waals surface area contributed by atoms with E-state index >= 15 is 0 Å². The van der Waals surface area contributed by atoms with E-state index in [2.05, 4.69) is 9.82 Å². The molecule has 0 radical (unpaired) electrons. The molecular formula is C16H23N3O4S. The topological polar surface area (TPSA) is 86.4 Å². The second kappa shape index (κ2) is 6.70. The fraction of sp³-hybridized carbons (Fsp3) is 0.562. The third-order valence-electron chi connectivity index (χ3n) is 4.38. The van der Waals surface area contributed by atoms with Crippen molar-refractivity contribution in [2.45, 2.75) is 44.7 Å². The summed E-state index contributed by atoms with van der Waals surface area (Å²) in [5.74, 6) is 1.07. The third kappa shape index (κ3) is 3.26. The molecule has 8 heteroatoms. The highest BCUT2D eigenvalue weighted by molar-refractivity contribution is 7.89. The van der Waals surface area contributed by atoms with Crippen LogP contribution in [0.2, 0.25) is 0 Å². The number of aromatic nitrogens is 2. The van der Waals surface area contributed by atoms with E-state index < -0.39 is 10.0 Å². The summed E-state index contributed by atoms with van der Waals surface area (Å²) in [6.07, 6.45) is 2.42. The molecule has 1 aliphatic heterocycles. The molecule has 0 amide bonds. The van der Waals surface area contributed by atoms with Crippen molar-refractivity contribution in [1.29, 1.82) is 0 Å². The summed E-state index contributed by atoms with van der Waals surface area (Å²) in [5, 5.41) is 4.27. The molecule has 0 aromatic carbocycles. The molecule has 0 bridgehead atoms. The fourth-order valence-electron chi connectivity index (χ4n) is 3.19. The molecule has 1 N–H and O–H groups in total. The first kappa shape index (κ1) is 17.2. The lowest BCUT2D eigenvalue weighted by atomic mass is 9.99. The average molecular weight is 353 g/mol. The van der Waals surface area contributed by atoms with E-state index in [1.807, 2.05) is 17.7 Å². The highest BCUT2D eigenvalue weighted by Crippen LogP contribution is 2.34. The standard InChI is InChI=1S/C16H23N3O4S/c1-4-19-14(5-7-17-19)16-13(6-8-22-16)10-18-24(20,21)15-9-11(2)23-12(15)3/h5,7,9,13,16,18H,4,6,8,10H2,1-3H3/t13-,16+/m0/s1. The van der Waals surface area contributed by atoms with E-state index in [1.54, 1.807) is 26.1 Å². The molecule has 24 heavy (non-hydrogen) atoms. The first-order chi connectivity index (χ1) is 11.4. The smallest absolute Gasteiger partial charge is 0.244 e. The average Bonchev–Trinajstić information content (AvgIpc) is 3.23. The number of hydrogen-bond donors (Lipinski definition) is 1. The Morgan fingerprint density at radius 1 is 1.42 bits per heavy atom. The minimum Gasteiger partial charge on any atom is -0.465 e. The zero-order valence-electron chi connectivity index (χ0n) is 14.2. The number of furan rings is 1. The van der Waals surface area contributed by atoms with Crippen molar-refractivity contribution >= 4 is 10.0 Å². The van der Waals surface area contributed by atoms with Gasteiger partial charge in [-0.2, -0.15) is 5.10 Å². The molecule has 2 aromatic heterocycles. The lowest BCUT2D eigenvalue weighted by Crippen LogP contribution is -2.31. The molecule has 2 aromatic rings. The van der Waals surface area contributed by atoms with E-state index in [0.717, 1.165) is 18.7 Å². The van der Waals surface area contributed by atoms with Gasteiger partial charge in [-0.05, 0) is 39.3 Å². The summed E-state index contributed by atoms with van der Waals surface area (Å²) < 4.78 is 40.8. The molecule has 1 fully saturated rings. The number of sulfonamides is 1. The van der Waals surface area contributed by atoms with Crippen molar-refractivity contribution in [1.82, 2.24) is 14.5 Å². The van der Waals surface area contributed by atoms with Crippen LogP contribution in [-0.2, 0) is 21.3 Å². The molecule has 0 aliphatic carbocycles. The summed E-state index contributed by atoms with van der Waals surface area (Å²) >= 11 is 0. The predicted octanol–water partition coefficient (Wildman–Crippen LogP) is 2.17. The zero-order valence-corrected chi connectivity index (χ0v) is 15.0. The van der Waals surface area contributed by atoms with E-state index in [9.17, 15) is 8.42 Å². The van der Waals surface area contributed by atoms with Crippen molar-refractivity contribution in [3.63, 3.8) is 0 Å². The van der Waals surface area contributed by atoms with Gasteiger partial charge >= 0.3 is 0 Å². The molecule has 1 aliphatic rings. The van der Waals surface area contributed by atoms with Crippen molar-refractivity contribution in [2.75, 3.05) is 13.2 Å². The summed E-state index contributed by atoms with van der Waals surface area (Å²) in [5.41, 5.74) is 0.995. The molecule has 3 heterocycles. The van der Waals surface area contributed by atoms with Crippen LogP contribution in [0.5, 0.6) is 0 Å². The van der Waals surface area contributed by atoms with Crippen molar-refractivity contribution in [3.8, 4) is 0 Å². The van der Waals surface area contributed by atoms with Gasteiger partial charge in [-0.15, -0.1) is 0 Å². The number of nitrogens with zero attached hydrogens (tertiary/aromatic N) is 2. The highest BCUT2D eigenvalue weighted by atomic mass is 32.2. The van der Waals surface area contributed by atoms with Gasteiger partial charge in [-0.25, -0.2) is 13.1 Å². The summed E-state index contributed by atoms with van der Waals surface area (Å²) in [6, 6.07) is 3.48. The van der Waals surface area contributed by atoms with Gasteiger partial charge in [0.05, 0.1) is 5.69 Å². The quantitative estimate of drug-likeness (QED) is 0.860. The summed E-state index contributed by atoms with van der Waals surface area (Å²) in [6.45, 7) is 7.12. The monoisotopic (exact) mass is 353 g/mol. The van der Waals surface area contributed by atoms with Gasteiger partial charge < -0.3 is 9.15 Å². The van der Waals surface area contributed by atoms with Crippen LogP contribution in [-0.4, -0.2) is 31.3 Å². The molecular weight excluding hydrogens is 330 g/mol. The van der Waals surface area contributed by atoms with E-state index in [4.69, 9.17) is 9.15 Å². The normalized spacial score (nSPS) is 21.5. The van der Waals surface area contributed by atoms with Crippen LogP contribution in [0.3, 0.4) is 0 Å². The number of rotatable bonds is 6. The molecule has 1 saturated heterocycles. The van der Waals surface area contributed by atoms with Crippen LogP contribution in [0, 0.1) is 19.8 Å². The molecule has 132 valence electrons. The Morgan fingerprint density at radius 2 is 2.21 bits per heavy atom. The number of hydrogen-bond acceptors (Lipinski definition) is 5. The van der Waals surface area contributed by atoms with Gasteiger partial charge in [-0.1, -0.05) is 0 Å². The maximum atomic E-state index is 12.5. The third-order valence-corrected chi connectivity index (χ3v) is 5.91. The first-order valence-corrected chi connectivity index (χ1v) is 9.60. The molecule has 2 atom stereocenters. The Morgan fingerprint density at radius 3 is 2.88 bits per heavy atom. The van der Waals surface area contributed by atoms with Gasteiger partial charge in [0.25, 0.3) is 0 Å². The summed E-state index contributed by atoms with van der Waals surface area (Å²) in [7, 11) is -3.59. The van der Waals surface area contributed by atoms with Crippen molar-refractivity contribution < 1.29 is 17.6 Å². The number of aryl methyl sites for hydroxylation is 3. The largest absolute Gasteiger partial charge is 0.465 e. The van der Waals surface area contributed by atoms with Gasteiger partial charge in [0.1, 0.15) is 22.5 Å². The van der Waals surface area contributed by atoms with Crippen LogP contribution < -0.4 is 4.72 Å². The Kier molecular flexibility index (Phi) is 4.80. The van der Waals surface area contributed by atoms with Crippen molar-refractivity contribution in [3.05, 3.63) is 35.5 Å². The van der Waals surface area contributed by atoms with Crippen LogP contribution >= 0.6 is 0 Å². The number of nitrogens with one attached hydrogen (secondary N) is 1. The minimum atomic E-state index is -3.59. The second-order valence-corrected chi connectivity index (χ2v) is 7.78. The molecule has 0 unspecified atom stereocenters. The summed E-state index contributed by atoms with van der Waals surface area (Å²) in [4.78, 5) is 0.203. The predicted molar refractivity (Wildman–Crippen MR) is 88.1 cm³/mol. The Hall–Kier alpha value is -1.64. The van der Waals surface area contributed by atoms with Crippen LogP contribution in [0.4, 0.5) is 0 Å². The SMILES string of the molecule is CCn1nccc1[C@@H]1OCC[C@H]1CNS(=O)(=O)c1cc(C)oc1C. The molecule has 0 spiro atoms. The van der Waals surface area contributed by atoms with Crippen LogP contribution in [0.25, 0.3) is 0 Å². The Labute approximate surface area is 142 Å². The zero-order chi connectivity index (χ0) is 17.3. The van der Waals surface area contributed by atoms with E-state index in [-0.39, 0.29) is 16.9 Å². The Bertz CT molecular complexity index is 809. The van der Waals surface area contributed by atoms with E-state index in [1.165, 1.54) is 0 Å². The van der Waals surface area contributed by atoms with Gasteiger partial charge in [-0.3, -0.25) is 4.68 Å². The van der Waals surface area contributed by atoms with E-state index in [0.29, 0.717) is 24.7 Å². The lowest BCUT2D eigenvalue weighted by molar-refractivity contribution is 0.0842. The molecule has 0 saturated carbocycles. The maximum Gasteiger partial charge on any atom is 0.244 e.